The predicted molar refractivity (Wildman–Crippen MR) is 75.6 cm³/mol. The van der Waals surface area contributed by atoms with Crippen LogP contribution in [0.15, 0.2) is 27.9 Å². The Kier molecular flexibility index (Phi) is 3.27. The van der Waals surface area contributed by atoms with Crippen molar-refractivity contribution >= 4 is 31.9 Å². The molecule has 0 bridgehead atoms. The van der Waals surface area contributed by atoms with E-state index < -0.39 is 20.8 Å². The second-order valence-electron chi connectivity index (χ2n) is 4.54. The molecule has 9 heteroatoms. The molecule has 0 aliphatic carbocycles. The van der Waals surface area contributed by atoms with Gasteiger partial charge >= 0.3 is 5.69 Å². The number of aromatic nitrogens is 2. The van der Waals surface area contributed by atoms with Crippen LogP contribution >= 0.6 is 0 Å². The second-order valence-corrected chi connectivity index (χ2v) is 8.17. The van der Waals surface area contributed by atoms with E-state index in [0.29, 0.717) is 22.5 Å². The molecule has 0 saturated carbocycles. The predicted octanol–water partition coefficient (Wildman–Crippen LogP) is -0.391. The highest BCUT2D eigenvalue weighted by Crippen LogP contribution is 2.20. The fourth-order valence-electron chi connectivity index (χ4n) is 2.18. The van der Waals surface area contributed by atoms with E-state index >= 15 is 0 Å². The molecular weight excluding hydrogens is 302 g/mol. The Balaban J connectivity index is 2.00. The lowest BCUT2D eigenvalue weighted by Crippen LogP contribution is -2.41. The first-order chi connectivity index (χ1) is 9.46. The summed E-state index contributed by atoms with van der Waals surface area (Å²) in [5, 5.41) is 0. The quantitative estimate of drug-likeness (QED) is 0.787. The summed E-state index contributed by atoms with van der Waals surface area (Å²) < 4.78 is 37.6. The standard InChI is InChI=1S/C11H13N3O4S2/c15-11-12-9-2-1-8(7-10(9)13-11)20(17,18)14-3-5-19(16)6-4-14/h1-2,7H,3-6H2,(H2,12,13,15). The average Bonchev–Trinajstić information content (AvgIpc) is 2.78. The summed E-state index contributed by atoms with van der Waals surface area (Å²) in [5.41, 5.74) is 0.647. The highest BCUT2D eigenvalue weighted by molar-refractivity contribution is 7.89. The molecule has 108 valence electrons. The van der Waals surface area contributed by atoms with Crippen LogP contribution in [-0.2, 0) is 20.8 Å². The number of H-pyrrole nitrogens is 2. The molecule has 0 atom stereocenters. The van der Waals surface area contributed by atoms with Crippen molar-refractivity contribution in [2.75, 3.05) is 24.6 Å². The summed E-state index contributed by atoms with van der Waals surface area (Å²) in [6, 6.07) is 4.46. The van der Waals surface area contributed by atoms with E-state index in [1.54, 1.807) is 6.07 Å². The van der Waals surface area contributed by atoms with Crippen LogP contribution in [0.25, 0.3) is 11.0 Å². The van der Waals surface area contributed by atoms with Gasteiger partial charge in [-0.3, -0.25) is 4.21 Å². The number of aromatic amines is 2. The van der Waals surface area contributed by atoms with Crippen LogP contribution in [0.1, 0.15) is 0 Å². The van der Waals surface area contributed by atoms with Gasteiger partial charge in [0.2, 0.25) is 10.0 Å². The number of hydrogen-bond acceptors (Lipinski definition) is 4. The third-order valence-electron chi connectivity index (χ3n) is 3.26. The third-order valence-corrected chi connectivity index (χ3v) is 6.43. The third kappa shape index (κ3) is 2.32. The Morgan fingerprint density at radius 2 is 1.75 bits per heavy atom. The van der Waals surface area contributed by atoms with E-state index in [0.717, 1.165) is 0 Å². The van der Waals surface area contributed by atoms with Crippen molar-refractivity contribution < 1.29 is 12.6 Å². The summed E-state index contributed by atoms with van der Waals surface area (Å²) in [4.78, 5) is 16.4. The van der Waals surface area contributed by atoms with Gasteiger partial charge in [-0.15, -0.1) is 0 Å². The number of nitrogens with zero attached hydrogens (tertiary/aromatic N) is 1. The van der Waals surface area contributed by atoms with Crippen LogP contribution in [-0.4, -0.2) is 51.5 Å². The second kappa shape index (κ2) is 4.83. The van der Waals surface area contributed by atoms with Gasteiger partial charge in [-0.05, 0) is 18.2 Å². The molecule has 0 spiro atoms. The molecule has 0 amide bonds. The van der Waals surface area contributed by atoms with Gasteiger partial charge in [0.15, 0.2) is 0 Å². The van der Waals surface area contributed by atoms with Crippen LogP contribution in [0, 0.1) is 0 Å². The smallest absolute Gasteiger partial charge is 0.306 e. The Hall–Kier alpha value is -1.45. The molecule has 1 aliphatic rings. The molecule has 3 rings (SSSR count). The van der Waals surface area contributed by atoms with Gasteiger partial charge in [0.1, 0.15) is 0 Å². The number of nitrogens with one attached hydrogen (secondary N) is 2. The molecule has 2 aromatic rings. The van der Waals surface area contributed by atoms with Gasteiger partial charge in [-0.2, -0.15) is 4.31 Å². The van der Waals surface area contributed by atoms with Crippen LogP contribution in [0.2, 0.25) is 0 Å². The molecule has 0 unspecified atom stereocenters. The Morgan fingerprint density at radius 3 is 2.45 bits per heavy atom. The van der Waals surface area contributed by atoms with Crippen LogP contribution in [0.3, 0.4) is 0 Å². The lowest BCUT2D eigenvalue weighted by atomic mass is 10.3. The van der Waals surface area contributed by atoms with Gasteiger partial charge in [0, 0.05) is 35.4 Å². The summed E-state index contributed by atoms with van der Waals surface area (Å²) in [7, 11) is -4.53. The maximum Gasteiger partial charge on any atom is 0.323 e. The van der Waals surface area contributed by atoms with E-state index in [2.05, 4.69) is 9.97 Å². The number of hydrogen-bond donors (Lipinski definition) is 2. The first kappa shape index (κ1) is 13.5. The zero-order chi connectivity index (χ0) is 14.3. The molecule has 2 heterocycles. The zero-order valence-corrected chi connectivity index (χ0v) is 12.1. The molecule has 0 radical (unpaired) electrons. The summed E-state index contributed by atoms with van der Waals surface area (Å²) >= 11 is 0. The molecule has 20 heavy (non-hydrogen) atoms. The van der Waals surface area contributed by atoms with Crippen LogP contribution < -0.4 is 5.69 Å². The van der Waals surface area contributed by atoms with Gasteiger partial charge in [0.05, 0.1) is 15.9 Å². The van der Waals surface area contributed by atoms with E-state index in [1.807, 2.05) is 0 Å². The van der Waals surface area contributed by atoms with Crippen molar-refractivity contribution in [3.63, 3.8) is 0 Å². The van der Waals surface area contributed by atoms with Crippen molar-refractivity contribution in [1.29, 1.82) is 0 Å². The minimum atomic E-state index is -3.60. The normalized spacial score (nSPS) is 18.6. The highest BCUT2D eigenvalue weighted by Gasteiger charge is 2.28. The number of fused-ring (bicyclic) bond motifs is 1. The first-order valence-electron chi connectivity index (χ1n) is 6.04. The largest absolute Gasteiger partial charge is 0.323 e. The van der Waals surface area contributed by atoms with Gasteiger partial charge in [-0.1, -0.05) is 0 Å². The van der Waals surface area contributed by atoms with Gasteiger partial charge in [-0.25, -0.2) is 13.2 Å². The molecule has 1 fully saturated rings. The molecule has 2 N–H and O–H groups in total. The molecule has 1 aliphatic heterocycles. The highest BCUT2D eigenvalue weighted by atomic mass is 32.2. The van der Waals surface area contributed by atoms with Crippen LogP contribution in [0.5, 0.6) is 0 Å². The van der Waals surface area contributed by atoms with Gasteiger partial charge in [0.25, 0.3) is 0 Å². The van der Waals surface area contributed by atoms with Crippen molar-refractivity contribution in [2.24, 2.45) is 0 Å². The van der Waals surface area contributed by atoms with E-state index in [1.165, 1.54) is 16.4 Å². The molecule has 1 aromatic carbocycles. The fourth-order valence-corrected chi connectivity index (χ4v) is 4.93. The van der Waals surface area contributed by atoms with Crippen molar-refractivity contribution in [3.05, 3.63) is 28.7 Å². The van der Waals surface area contributed by atoms with E-state index in [9.17, 15) is 17.4 Å². The lowest BCUT2D eigenvalue weighted by Gasteiger charge is -2.25. The first-order valence-corrected chi connectivity index (χ1v) is 8.97. The number of benzene rings is 1. The molecule has 1 saturated heterocycles. The number of imidazole rings is 1. The minimum Gasteiger partial charge on any atom is -0.306 e. The topological polar surface area (TPSA) is 103 Å². The molecule has 1 aromatic heterocycles. The summed E-state index contributed by atoms with van der Waals surface area (Å²) in [6.45, 7) is 0.521. The van der Waals surface area contributed by atoms with Crippen molar-refractivity contribution in [1.82, 2.24) is 14.3 Å². The van der Waals surface area contributed by atoms with E-state index in [-0.39, 0.29) is 23.7 Å². The Morgan fingerprint density at radius 1 is 1.10 bits per heavy atom. The summed E-state index contributed by atoms with van der Waals surface area (Å²) in [5.74, 6) is 0.727. The van der Waals surface area contributed by atoms with E-state index in [4.69, 9.17) is 0 Å². The van der Waals surface area contributed by atoms with Gasteiger partial charge < -0.3 is 9.97 Å². The monoisotopic (exact) mass is 315 g/mol. The van der Waals surface area contributed by atoms with Crippen molar-refractivity contribution in [2.45, 2.75) is 4.90 Å². The minimum absolute atomic E-state index is 0.132. The maximum atomic E-state index is 12.5. The number of sulfonamides is 1. The number of rotatable bonds is 2. The van der Waals surface area contributed by atoms with Crippen molar-refractivity contribution in [3.8, 4) is 0 Å². The maximum absolute atomic E-state index is 12.5. The lowest BCUT2D eigenvalue weighted by molar-refractivity contribution is 0.439. The molecular formula is C11H13N3O4S2. The summed E-state index contributed by atoms with van der Waals surface area (Å²) in [6.07, 6.45) is 0. The zero-order valence-electron chi connectivity index (χ0n) is 10.5. The Bertz CT molecular complexity index is 827. The van der Waals surface area contributed by atoms with Crippen LogP contribution in [0.4, 0.5) is 0 Å². The Labute approximate surface area is 117 Å². The molecule has 7 nitrogen and oxygen atoms in total. The average molecular weight is 315 g/mol. The SMILES string of the molecule is O=c1[nH]c2ccc(S(=O)(=O)N3CCS(=O)CC3)cc2[nH]1. The fraction of sp³-hybridized carbons (Fsp3) is 0.364.